The van der Waals surface area contributed by atoms with Crippen LogP contribution in [0.15, 0.2) is 115 Å². The highest BCUT2D eigenvalue weighted by atomic mass is 28.4. The Morgan fingerprint density at radius 1 is 0.805 bits per heavy atom. The van der Waals surface area contributed by atoms with Crippen LogP contribution in [0.3, 0.4) is 0 Å². The minimum Gasteiger partial charge on any atom is -0.456 e. The molecule has 0 aromatic heterocycles. The third-order valence-electron chi connectivity index (χ3n) is 19.3. The van der Waals surface area contributed by atoms with Crippen molar-refractivity contribution in [2.24, 2.45) is 16.7 Å². The zero-order chi connectivity index (χ0) is 60.5. The number of carbonyl (C=O) groups excluding carboxylic acids is 6. The molecule has 3 aromatic carbocycles. The van der Waals surface area contributed by atoms with E-state index in [9.17, 15) is 19.5 Å². The Hall–Kier alpha value is -5.83. The summed E-state index contributed by atoms with van der Waals surface area (Å²) in [5.74, 6) is -6.07. The lowest BCUT2D eigenvalue weighted by Gasteiger charge is -2.68. The first-order valence-corrected chi connectivity index (χ1v) is 33.8. The van der Waals surface area contributed by atoms with E-state index in [1.807, 2.05) is 12.1 Å². The predicted molar refractivity (Wildman–Crippen MR) is 318 cm³/mol. The first kappa shape index (κ1) is 63.7. The Kier molecular flexibility index (Phi) is 19.3. The highest BCUT2D eigenvalue weighted by molar-refractivity contribution is 6.77. The molecule has 1 aliphatic heterocycles. The number of nitrogens with one attached hydrogen (secondary N) is 1. The lowest BCUT2D eigenvalue weighted by Crippen LogP contribution is -2.82. The number of carbonyl (C=O) groups is 6. The van der Waals surface area contributed by atoms with Crippen molar-refractivity contribution in [3.05, 3.63) is 138 Å². The van der Waals surface area contributed by atoms with Gasteiger partial charge >= 0.3 is 23.9 Å². The molecule has 2 saturated carbocycles. The van der Waals surface area contributed by atoms with Gasteiger partial charge in [0.05, 0.1) is 35.6 Å². The first-order chi connectivity index (χ1) is 38.6. The van der Waals surface area contributed by atoms with Gasteiger partial charge in [-0.3, -0.25) is 14.4 Å². The quantitative estimate of drug-likeness (QED) is 0.0316. The molecule has 444 valence electrons. The second kappa shape index (κ2) is 24.8. The Bertz CT molecular complexity index is 2890. The van der Waals surface area contributed by atoms with Gasteiger partial charge < -0.3 is 43.0 Å². The van der Waals surface area contributed by atoms with Crippen molar-refractivity contribution in [1.29, 1.82) is 0 Å². The Morgan fingerprint density at radius 2 is 1.37 bits per heavy atom. The van der Waals surface area contributed by atoms with E-state index in [4.69, 9.17) is 32.5 Å². The Labute approximate surface area is 487 Å². The fraction of sp³-hybridized carbons (Fsp3) is 0.538. The smallest absolute Gasteiger partial charge is 0.338 e. The van der Waals surface area contributed by atoms with Gasteiger partial charge in [0.1, 0.15) is 23.9 Å². The minimum absolute atomic E-state index is 0.0520. The number of aliphatic hydroxyl groups is 1. The maximum Gasteiger partial charge on any atom is 0.338 e. The van der Waals surface area contributed by atoms with E-state index in [1.54, 1.807) is 107 Å². The van der Waals surface area contributed by atoms with Crippen LogP contribution in [-0.4, -0.2) is 112 Å². The Balaban J connectivity index is 1.54. The standard InChI is InChI=1S/C65H87NO14Si2/c1-17-44-30-28-29-35-47(44)53(66-59(70)45-31-24-22-25-32-45)55(80-82(39(6)7,40(8)9)41(10)11)61(72)76-48-37-65(73)58(77-60(71)46-33-26-23-27-34-46)56-63(16,57(69)54(75-43(13)67)52(42(48)12)62(65,14)15)49(79-81(19-3,20-4)21-5)36-50-64(56,38-74-50)78-51(68)18-2/h17-18,22-35,39-41,48-50,53-56,58,73H,1-2,19-21,36-38H2,3-16H3,(H,66,70)/t48-,49-,50+,53-,54+,55+,56-,58-,63+,64-,65+/m0/s1. The molecule has 0 radical (unpaired) electrons. The minimum atomic E-state index is -3.13. The molecule has 17 heteroatoms. The predicted octanol–water partition coefficient (Wildman–Crippen LogP) is 11.8. The molecule has 1 amide bonds. The fourth-order valence-corrected chi connectivity index (χ4v) is 23.1. The average Bonchev–Trinajstić information content (AvgIpc) is 2.22. The third-order valence-corrected chi connectivity index (χ3v) is 30.0. The number of Topliss-reactive ketones (excluding diaryl/α,β-unsaturated/α-hetero) is 1. The second-order valence-corrected chi connectivity index (χ2v) is 34.7. The number of benzene rings is 3. The summed E-state index contributed by atoms with van der Waals surface area (Å²) in [5, 5.41) is 17.8. The van der Waals surface area contributed by atoms with Crippen LogP contribution in [0.1, 0.15) is 148 Å². The molecule has 11 atom stereocenters. The molecular formula is C65H87NO14Si2. The zero-order valence-electron chi connectivity index (χ0n) is 50.5. The van der Waals surface area contributed by atoms with E-state index >= 15 is 14.4 Å². The number of hydrogen-bond donors (Lipinski definition) is 2. The van der Waals surface area contributed by atoms with E-state index in [2.05, 4.69) is 80.8 Å². The Morgan fingerprint density at radius 3 is 1.88 bits per heavy atom. The zero-order valence-corrected chi connectivity index (χ0v) is 52.5. The number of ketones is 1. The molecule has 3 aromatic rings. The molecule has 15 nitrogen and oxygen atoms in total. The van der Waals surface area contributed by atoms with Crippen molar-refractivity contribution in [3.8, 4) is 0 Å². The lowest BCUT2D eigenvalue weighted by atomic mass is 9.44. The summed E-state index contributed by atoms with van der Waals surface area (Å²) >= 11 is 0. The number of hydrogen-bond acceptors (Lipinski definition) is 14. The molecule has 2 N–H and O–H groups in total. The molecule has 2 bridgehead atoms. The van der Waals surface area contributed by atoms with Gasteiger partial charge in [-0.05, 0) is 95.1 Å². The van der Waals surface area contributed by atoms with E-state index in [0.29, 0.717) is 40.4 Å². The number of esters is 4. The summed E-state index contributed by atoms with van der Waals surface area (Å²) in [5.41, 5.74) is -5.91. The van der Waals surface area contributed by atoms with Gasteiger partial charge in [0, 0.05) is 36.8 Å². The van der Waals surface area contributed by atoms with Crippen molar-refractivity contribution in [3.63, 3.8) is 0 Å². The number of ether oxygens (including phenoxy) is 5. The summed E-state index contributed by atoms with van der Waals surface area (Å²) < 4.78 is 48.0. The van der Waals surface area contributed by atoms with Gasteiger partial charge in [-0.25, -0.2) is 14.4 Å². The topological polar surface area (TPSA) is 199 Å². The van der Waals surface area contributed by atoms with E-state index in [-0.39, 0.29) is 40.8 Å². The summed E-state index contributed by atoms with van der Waals surface area (Å²) in [7, 11) is -5.82. The van der Waals surface area contributed by atoms with Gasteiger partial charge in [0.2, 0.25) is 8.32 Å². The highest BCUT2D eigenvalue weighted by Crippen LogP contribution is 2.65. The molecular weight excluding hydrogens is 1070 g/mol. The molecule has 3 fully saturated rings. The van der Waals surface area contributed by atoms with Crippen LogP contribution >= 0.6 is 0 Å². The van der Waals surface area contributed by atoms with Crippen molar-refractivity contribution in [2.45, 2.75) is 198 Å². The summed E-state index contributed by atoms with van der Waals surface area (Å²) in [6.45, 7) is 34.1. The van der Waals surface area contributed by atoms with Crippen LogP contribution in [0, 0.1) is 16.7 Å². The molecule has 7 rings (SSSR count). The van der Waals surface area contributed by atoms with Crippen LogP contribution in [0.5, 0.6) is 0 Å². The lowest BCUT2D eigenvalue weighted by molar-refractivity contribution is -0.344. The first-order valence-electron chi connectivity index (χ1n) is 29.2. The van der Waals surface area contributed by atoms with Crippen molar-refractivity contribution in [1.82, 2.24) is 5.32 Å². The molecule has 82 heavy (non-hydrogen) atoms. The maximum atomic E-state index is 16.8. The van der Waals surface area contributed by atoms with Gasteiger partial charge in [-0.2, -0.15) is 0 Å². The van der Waals surface area contributed by atoms with Gasteiger partial charge in [-0.1, -0.05) is 156 Å². The molecule has 1 saturated heterocycles. The molecule has 4 aliphatic rings. The van der Waals surface area contributed by atoms with Crippen molar-refractivity contribution < 1.29 is 66.4 Å². The highest BCUT2D eigenvalue weighted by Gasteiger charge is 2.79. The van der Waals surface area contributed by atoms with Crippen molar-refractivity contribution >= 4 is 58.3 Å². The van der Waals surface area contributed by atoms with Crippen LogP contribution < -0.4 is 5.32 Å². The van der Waals surface area contributed by atoms with Crippen LogP contribution in [0.4, 0.5) is 0 Å². The average molecular weight is 1160 g/mol. The van der Waals surface area contributed by atoms with Crippen LogP contribution in [0.2, 0.25) is 34.8 Å². The van der Waals surface area contributed by atoms with E-state index < -0.39 is 129 Å². The monoisotopic (exact) mass is 1160 g/mol. The van der Waals surface area contributed by atoms with Crippen LogP contribution in [0.25, 0.3) is 6.08 Å². The van der Waals surface area contributed by atoms with Crippen molar-refractivity contribution in [2.75, 3.05) is 6.61 Å². The normalized spacial score (nSPS) is 27.6. The summed E-state index contributed by atoms with van der Waals surface area (Å²) in [6, 6.07) is 24.9. The summed E-state index contributed by atoms with van der Waals surface area (Å²) in [4.78, 5) is 90.4. The van der Waals surface area contributed by atoms with Crippen LogP contribution in [-0.2, 0) is 51.7 Å². The number of fused-ring (bicyclic) bond motifs is 5. The second-order valence-electron chi connectivity index (χ2n) is 24.6. The van der Waals surface area contributed by atoms with Gasteiger partial charge in [0.25, 0.3) is 5.91 Å². The fourth-order valence-electron chi connectivity index (χ4n) is 14.6. The van der Waals surface area contributed by atoms with E-state index in [0.717, 1.165) is 6.08 Å². The molecule has 0 spiro atoms. The molecule has 0 unspecified atom stereocenters. The maximum absolute atomic E-state index is 16.8. The third kappa shape index (κ3) is 11.1. The molecule has 3 aliphatic carbocycles. The van der Waals surface area contributed by atoms with Gasteiger partial charge in [-0.15, -0.1) is 0 Å². The number of amides is 1. The molecule has 1 heterocycles. The largest absolute Gasteiger partial charge is 0.456 e. The van der Waals surface area contributed by atoms with Gasteiger partial charge in [0.15, 0.2) is 31.9 Å². The van der Waals surface area contributed by atoms with E-state index in [1.165, 1.54) is 6.92 Å². The SMILES string of the molecule is C=CC(=O)O[C@@]12CO[C@@H]1C[C@H](O[Si](CC)(CC)CC)[C@@]1(C)C(=O)[C@H](OC(C)=O)C3=C(C)[C@@H](OC(=O)[C@H](O[Si](C(C)C)(C(C)C)C(C)C)[C@@H](NC(=O)c4ccccc4)c4ccccc4C=C)C[C@@](O)([C@@H](OC(=O)c4ccccc4)[C@H]21)C3(C)C. The number of rotatable bonds is 22. The summed E-state index contributed by atoms with van der Waals surface area (Å²) in [6.07, 6.45) is -6.28.